The largest absolute Gasteiger partial charge is 0.500 e. The van der Waals surface area contributed by atoms with Gasteiger partial charge in [-0.3, -0.25) is 4.79 Å². The molecule has 0 heterocycles. The average molecular weight is 495 g/mol. The minimum atomic E-state index is -2.54. The minimum Gasteiger partial charge on any atom is -0.385 e. The number of halogens is 1. The van der Waals surface area contributed by atoms with Crippen LogP contribution in [0.3, 0.4) is 0 Å². The van der Waals surface area contributed by atoms with Gasteiger partial charge in [-0.1, -0.05) is 36.9 Å². The van der Waals surface area contributed by atoms with Gasteiger partial charge in [0.2, 0.25) is 0 Å². The summed E-state index contributed by atoms with van der Waals surface area (Å²) in [6.07, 6.45) is 0.863. The van der Waals surface area contributed by atoms with Gasteiger partial charge in [0.05, 0.1) is 0 Å². The summed E-state index contributed by atoms with van der Waals surface area (Å²) in [5, 5.41) is 6.31. The van der Waals surface area contributed by atoms with Crippen molar-refractivity contribution in [2.45, 2.75) is 19.4 Å². The second-order valence-electron chi connectivity index (χ2n) is 6.68. The first-order valence-electron chi connectivity index (χ1n) is 9.50. The van der Waals surface area contributed by atoms with Gasteiger partial charge in [0, 0.05) is 56.4 Å². The standard InChI is InChI=1S/C22H30N2O4Si.BrH/c1-17(2)22(25)24-19-13-11-18(12-14-19)20-9-6-7-10-21(20)23-15-8-16-29(26-3,27-4)28-5;/h6-7,9-14,23H,1,8,15-16H2,2-5H3,(H,24,25);1H. The molecular formula is C22H31BrN2O4Si. The molecule has 0 fully saturated rings. The lowest BCUT2D eigenvalue weighted by molar-refractivity contribution is -0.112. The normalized spacial score (nSPS) is 10.8. The SMILES string of the molecule is Br.C=C(C)C(=O)Nc1ccc(-c2ccccc2NCCC[Si](OC)(OC)OC)cc1. The van der Waals surface area contributed by atoms with Crippen LogP contribution in [0.25, 0.3) is 11.1 Å². The molecule has 2 aromatic rings. The number of amides is 1. The molecule has 30 heavy (non-hydrogen) atoms. The molecule has 0 aromatic heterocycles. The Morgan fingerprint density at radius 2 is 1.60 bits per heavy atom. The molecule has 2 aromatic carbocycles. The lowest BCUT2D eigenvalue weighted by Gasteiger charge is -2.24. The summed E-state index contributed by atoms with van der Waals surface area (Å²) in [5.74, 6) is -0.178. The quantitative estimate of drug-likeness (QED) is 0.257. The number of hydrogen-bond acceptors (Lipinski definition) is 5. The van der Waals surface area contributed by atoms with Gasteiger partial charge in [-0.25, -0.2) is 0 Å². The van der Waals surface area contributed by atoms with Crippen molar-refractivity contribution in [1.29, 1.82) is 0 Å². The molecule has 0 aliphatic heterocycles. The van der Waals surface area contributed by atoms with Crippen LogP contribution < -0.4 is 10.6 Å². The number of benzene rings is 2. The number of para-hydroxylation sites is 1. The van der Waals surface area contributed by atoms with Crippen LogP contribution in [0.2, 0.25) is 6.04 Å². The first-order chi connectivity index (χ1) is 13.9. The number of anilines is 2. The van der Waals surface area contributed by atoms with E-state index in [0.29, 0.717) is 5.57 Å². The van der Waals surface area contributed by atoms with Gasteiger partial charge in [0.25, 0.3) is 5.91 Å². The zero-order chi connectivity index (χ0) is 21.3. The van der Waals surface area contributed by atoms with E-state index in [0.717, 1.165) is 41.5 Å². The van der Waals surface area contributed by atoms with Crippen molar-refractivity contribution in [1.82, 2.24) is 0 Å². The van der Waals surface area contributed by atoms with Crippen molar-refractivity contribution < 1.29 is 18.1 Å². The summed E-state index contributed by atoms with van der Waals surface area (Å²) in [5.41, 5.74) is 4.43. The van der Waals surface area contributed by atoms with Crippen LogP contribution in [-0.2, 0) is 18.1 Å². The molecule has 8 heteroatoms. The highest BCUT2D eigenvalue weighted by Crippen LogP contribution is 2.29. The van der Waals surface area contributed by atoms with Crippen LogP contribution in [0.5, 0.6) is 0 Å². The molecule has 0 aliphatic rings. The predicted molar refractivity (Wildman–Crippen MR) is 130 cm³/mol. The van der Waals surface area contributed by atoms with Crippen LogP contribution in [0, 0.1) is 0 Å². The Labute approximate surface area is 190 Å². The summed E-state index contributed by atoms with van der Waals surface area (Å²) >= 11 is 0. The summed E-state index contributed by atoms with van der Waals surface area (Å²) < 4.78 is 16.4. The Hall–Kier alpha value is -1.97. The fourth-order valence-corrected chi connectivity index (χ4v) is 4.67. The van der Waals surface area contributed by atoms with Crippen LogP contribution >= 0.6 is 17.0 Å². The fraction of sp³-hybridized carbons (Fsp3) is 0.318. The summed E-state index contributed by atoms with van der Waals surface area (Å²) in [6.45, 7) is 6.11. The van der Waals surface area contributed by atoms with E-state index in [9.17, 15) is 4.79 Å². The maximum Gasteiger partial charge on any atom is 0.500 e. The highest BCUT2D eigenvalue weighted by Gasteiger charge is 2.36. The van der Waals surface area contributed by atoms with Crippen LogP contribution in [0.4, 0.5) is 11.4 Å². The topological polar surface area (TPSA) is 68.8 Å². The monoisotopic (exact) mass is 494 g/mol. The lowest BCUT2D eigenvalue weighted by atomic mass is 10.0. The maximum atomic E-state index is 11.8. The smallest absolute Gasteiger partial charge is 0.385 e. The van der Waals surface area contributed by atoms with Gasteiger partial charge < -0.3 is 23.9 Å². The minimum absolute atomic E-state index is 0. The first-order valence-corrected chi connectivity index (χ1v) is 11.4. The zero-order valence-corrected chi connectivity index (χ0v) is 20.7. The molecule has 0 unspecified atom stereocenters. The molecule has 0 saturated carbocycles. The molecule has 0 bridgehead atoms. The van der Waals surface area contributed by atoms with Crippen LogP contribution in [-0.4, -0.2) is 42.6 Å². The Balaban J connectivity index is 0.00000450. The van der Waals surface area contributed by atoms with Gasteiger partial charge in [0.1, 0.15) is 0 Å². The molecule has 2 rings (SSSR count). The van der Waals surface area contributed by atoms with E-state index in [1.54, 1.807) is 28.3 Å². The zero-order valence-electron chi connectivity index (χ0n) is 18.0. The van der Waals surface area contributed by atoms with Crippen molar-refractivity contribution in [2.75, 3.05) is 38.5 Å². The van der Waals surface area contributed by atoms with Crippen LogP contribution in [0.15, 0.2) is 60.7 Å². The average Bonchev–Trinajstić information content (AvgIpc) is 2.75. The van der Waals surface area contributed by atoms with Crippen molar-refractivity contribution in [3.05, 3.63) is 60.7 Å². The van der Waals surface area contributed by atoms with Crippen LogP contribution in [0.1, 0.15) is 13.3 Å². The molecule has 6 nitrogen and oxygen atoms in total. The molecule has 0 spiro atoms. The Bertz CT molecular complexity index is 818. The highest BCUT2D eigenvalue weighted by molar-refractivity contribution is 8.93. The van der Waals surface area contributed by atoms with Crippen molar-refractivity contribution in [2.24, 2.45) is 0 Å². The third kappa shape index (κ3) is 7.07. The lowest BCUT2D eigenvalue weighted by Crippen LogP contribution is -2.42. The van der Waals surface area contributed by atoms with E-state index in [2.05, 4.69) is 29.3 Å². The van der Waals surface area contributed by atoms with E-state index in [-0.39, 0.29) is 22.9 Å². The van der Waals surface area contributed by atoms with E-state index in [1.807, 2.05) is 36.4 Å². The van der Waals surface area contributed by atoms with E-state index in [1.165, 1.54) is 0 Å². The van der Waals surface area contributed by atoms with Gasteiger partial charge in [-0.2, -0.15) is 0 Å². The number of rotatable bonds is 11. The Kier molecular flexibility index (Phi) is 11.0. The molecule has 0 saturated heterocycles. The summed E-state index contributed by atoms with van der Waals surface area (Å²) in [6, 6.07) is 16.7. The van der Waals surface area contributed by atoms with E-state index in [4.69, 9.17) is 13.3 Å². The van der Waals surface area contributed by atoms with E-state index < -0.39 is 8.80 Å². The molecular weight excluding hydrogens is 464 g/mol. The summed E-state index contributed by atoms with van der Waals surface area (Å²) in [7, 11) is 2.35. The van der Waals surface area contributed by atoms with Crippen molar-refractivity contribution in [3.63, 3.8) is 0 Å². The number of hydrogen-bond donors (Lipinski definition) is 2. The van der Waals surface area contributed by atoms with E-state index >= 15 is 0 Å². The number of carbonyl (C=O) groups is 1. The van der Waals surface area contributed by atoms with Gasteiger partial charge in [-0.15, -0.1) is 17.0 Å². The Morgan fingerprint density at radius 1 is 1.00 bits per heavy atom. The van der Waals surface area contributed by atoms with Crippen molar-refractivity contribution >= 4 is 43.1 Å². The molecule has 164 valence electrons. The Morgan fingerprint density at radius 3 is 2.17 bits per heavy atom. The molecule has 0 atom stereocenters. The summed E-state index contributed by atoms with van der Waals surface area (Å²) in [4.78, 5) is 11.8. The maximum absolute atomic E-state index is 11.8. The molecule has 0 radical (unpaired) electrons. The molecule has 2 N–H and O–H groups in total. The third-order valence-corrected chi connectivity index (χ3v) is 7.51. The van der Waals surface area contributed by atoms with Crippen molar-refractivity contribution in [3.8, 4) is 11.1 Å². The van der Waals surface area contributed by atoms with Gasteiger partial charge >= 0.3 is 8.80 Å². The third-order valence-electron chi connectivity index (χ3n) is 4.68. The van der Waals surface area contributed by atoms with Gasteiger partial charge in [0.15, 0.2) is 0 Å². The molecule has 0 aliphatic carbocycles. The van der Waals surface area contributed by atoms with Gasteiger partial charge in [-0.05, 0) is 37.1 Å². The fourth-order valence-electron chi connectivity index (χ4n) is 2.94. The second-order valence-corrected chi connectivity index (χ2v) is 9.77. The number of carbonyl (C=O) groups excluding carboxylic acids is 1. The first kappa shape index (κ1) is 26.1. The second kappa shape index (κ2) is 12.7. The number of nitrogens with one attached hydrogen (secondary N) is 2. The molecule has 1 amide bonds. The predicted octanol–water partition coefficient (Wildman–Crippen LogP) is 5.13. The highest BCUT2D eigenvalue weighted by atomic mass is 79.9.